The van der Waals surface area contributed by atoms with E-state index >= 15 is 0 Å². The van der Waals surface area contributed by atoms with Crippen LogP contribution in [0.3, 0.4) is 0 Å². The van der Waals surface area contributed by atoms with Crippen molar-refractivity contribution < 1.29 is 9.59 Å². The Kier molecular flexibility index (Phi) is 23.2. The molecular weight excluding hydrogens is 348 g/mol. The lowest BCUT2D eigenvalue weighted by Crippen LogP contribution is -2.49. The monoisotopic (exact) mass is 392 g/mol. The molecule has 4 heteroatoms. The number of anilines is 1. The van der Waals surface area contributed by atoms with Gasteiger partial charge in [0.2, 0.25) is 5.91 Å². The third-order valence-electron chi connectivity index (χ3n) is 3.32. The summed E-state index contributed by atoms with van der Waals surface area (Å²) in [6.07, 6.45) is 5.31. The van der Waals surface area contributed by atoms with Crippen LogP contribution in [0.5, 0.6) is 0 Å². The van der Waals surface area contributed by atoms with Gasteiger partial charge in [0.25, 0.3) is 0 Å². The van der Waals surface area contributed by atoms with Crippen molar-refractivity contribution in [2.45, 2.75) is 88.0 Å². The molecule has 0 radical (unpaired) electrons. The minimum Gasteiger partial charge on any atom is -0.294 e. The summed E-state index contributed by atoms with van der Waals surface area (Å²) in [5.41, 5.74) is 3.45. The van der Waals surface area contributed by atoms with E-state index in [-0.39, 0.29) is 11.9 Å². The number of nitrogens with zero attached hydrogens (tertiary/aromatic N) is 1. The Morgan fingerprint density at radius 2 is 1.46 bits per heavy atom. The highest BCUT2D eigenvalue weighted by atomic mass is 16.2. The standard InChI is InChI=1S/C14H18N2O2.C3H8.C3H6.2C2H6/c1-3-10-5-6-12(9-11(10)4-2)16-8-7-13(17)15-14(16)18;2*1-3-2;2*1-2/h5-6,9H,3-4,7-8H2,1-2H3,(H,15,17,18);3H2,1-2H3;3H,1H2,2H3;2*1-2H3. The van der Waals surface area contributed by atoms with Gasteiger partial charge in [0.1, 0.15) is 0 Å². The molecule has 0 atom stereocenters. The molecule has 0 saturated carbocycles. The van der Waals surface area contributed by atoms with Gasteiger partial charge in [0, 0.05) is 18.7 Å². The number of benzene rings is 1. The number of allylic oxidation sites excluding steroid dienone is 1. The van der Waals surface area contributed by atoms with Gasteiger partial charge in [-0.05, 0) is 43.0 Å². The van der Waals surface area contributed by atoms with Gasteiger partial charge in [-0.3, -0.25) is 15.0 Å². The van der Waals surface area contributed by atoms with E-state index in [0.29, 0.717) is 13.0 Å². The Labute approximate surface area is 174 Å². The van der Waals surface area contributed by atoms with Crippen LogP contribution in [-0.2, 0) is 17.6 Å². The Morgan fingerprint density at radius 1 is 1.00 bits per heavy atom. The summed E-state index contributed by atoms with van der Waals surface area (Å²) in [4.78, 5) is 24.5. The second-order valence-corrected chi connectivity index (χ2v) is 5.53. The van der Waals surface area contributed by atoms with Crippen LogP contribution in [0.25, 0.3) is 0 Å². The molecule has 1 heterocycles. The van der Waals surface area contributed by atoms with Crippen LogP contribution >= 0.6 is 0 Å². The summed E-state index contributed by atoms with van der Waals surface area (Å²) >= 11 is 0. The first-order valence-corrected chi connectivity index (χ1v) is 10.8. The van der Waals surface area contributed by atoms with Crippen molar-refractivity contribution in [1.82, 2.24) is 5.32 Å². The first-order valence-electron chi connectivity index (χ1n) is 10.8. The molecule has 3 amide bonds. The summed E-state index contributed by atoms with van der Waals surface area (Å²) in [6, 6.07) is 5.75. The molecule has 28 heavy (non-hydrogen) atoms. The average Bonchev–Trinajstić information content (AvgIpc) is 2.72. The molecule has 162 valence electrons. The van der Waals surface area contributed by atoms with Gasteiger partial charge in [-0.15, -0.1) is 6.58 Å². The first kappa shape index (κ1) is 30.6. The number of urea groups is 1. The maximum absolute atomic E-state index is 11.8. The van der Waals surface area contributed by atoms with Crippen LogP contribution in [0.1, 0.15) is 86.3 Å². The van der Waals surface area contributed by atoms with Crippen LogP contribution < -0.4 is 10.2 Å². The van der Waals surface area contributed by atoms with Gasteiger partial charge in [-0.25, -0.2) is 4.79 Å². The molecule has 0 spiro atoms. The Balaban J connectivity index is -0.000000534. The lowest BCUT2D eigenvalue weighted by molar-refractivity contribution is -0.120. The maximum Gasteiger partial charge on any atom is 0.328 e. The van der Waals surface area contributed by atoms with Crippen molar-refractivity contribution in [2.75, 3.05) is 11.4 Å². The third kappa shape index (κ3) is 12.3. The molecule has 1 fully saturated rings. The number of carbonyl (C=O) groups is 2. The molecule has 0 bridgehead atoms. The number of nitrogens with one attached hydrogen (secondary N) is 1. The van der Waals surface area contributed by atoms with Crippen LogP contribution in [-0.4, -0.2) is 18.5 Å². The Morgan fingerprint density at radius 3 is 1.86 bits per heavy atom. The van der Waals surface area contributed by atoms with Crippen LogP contribution in [0.15, 0.2) is 30.9 Å². The third-order valence-corrected chi connectivity index (χ3v) is 3.32. The van der Waals surface area contributed by atoms with E-state index in [9.17, 15) is 9.59 Å². The normalized spacial score (nSPS) is 11.7. The van der Waals surface area contributed by atoms with E-state index in [0.717, 1.165) is 18.5 Å². The minimum absolute atomic E-state index is 0.197. The average molecular weight is 393 g/mol. The molecule has 1 aliphatic rings. The summed E-state index contributed by atoms with van der Waals surface area (Å²) in [5.74, 6) is -0.197. The summed E-state index contributed by atoms with van der Waals surface area (Å²) < 4.78 is 0. The van der Waals surface area contributed by atoms with Gasteiger partial charge < -0.3 is 0 Å². The van der Waals surface area contributed by atoms with Gasteiger partial charge in [0.05, 0.1) is 0 Å². The number of carbonyl (C=O) groups excluding carboxylic acids is 2. The van der Waals surface area contributed by atoms with Crippen LogP contribution in [0.4, 0.5) is 10.5 Å². The molecule has 0 unspecified atom stereocenters. The predicted molar refractivity (Wildman–Crippen MR) is 125 cm³/mol. The van der Waals surface area contributed by atoms with E-state index in [2.05, 4.69) is 45.7 Å². The minimum atomic E-state index is -0.322. The van der Waals surface area contributed by atoms with E-state index in [1.165, 1.54) is 17.5 Å². The molecule has 2 rings (SSSR count). The highest BCUT2D eigenvalue weighted by Crippen LogP contribution is 2.22. The zero-order valence-electron chi connectivity index (χ0n) is 19.8. The van der Waals surface area contributed by atoms with Gasteiger partial charge in [0.15, 0.2) is 0 Å². The van der Waals surface area contributed by atoms with Gasteiger partial charge in [-0.1, -0.05) is 74.0 Å². The quantitative estimate of drug-likeness (QED) is 0.568. The number of hydrogen-bond acceptors (Lipinski definition) is 2. The number of imide groups is 1. The molecule has 1 saturated heterocycles. The summed E-state index contributed by atoms with van der Waals surface area (Å²) in [7, 11) is 0. The summed E-state index contributed by atoms with van der Waals surface area (Å²) in [5, 5.41) is 2.34. The molecule has 1 aromatic carbocycles. The van der Waals surface area contributed by atoms with Crippen LogP contribution in [0, 0.1) is 0 Å². The molecule has 0 aliphatic carbocycles. The van der Waals surface area contributed by atoms with E-state index in [1.54, 1.807) is 11.0 Å². The number of rotatable bonds is 3. The molecule has 0 aromatic heterocycles. The van der Waals surface area contributed by atoms with Crippen molar-refractivity contribution in [1.29, 1.82) is 0 Å². The predicted octanol–water partition coefficient (Wildman–Crippen LogP) is 6.92. The fourth-order valence-corrected chi connectivity index (χ4v) is 2.26. The topological polar surface area (TPSA) is 49.4 Å². The Bertz CT molecular complexity index is 539. The number of aryl methyl sites for hydroxylation is 2. The smallest absolute Gasteiger partial charge is 0.294 e. The van der Waals surface area contributed by atoms with Crippen molar-refractivity contribution in [3.05, 3.63) is 42.0 Å². The highest BCUT2D eigenvalue weighted by molar-refractivity contribution is 6.05. The zero-order chi connectivity index (χ0) is 22.5. The van der Waals surface area contributed by atoms with E-state index < -0.39 is 0 Å². The SMILES string of the molecule is C=CC.CC.CC.CCC.CCc1ccc(N2CCC(=O)NC2=O)cc1CC. The van der Waals surface area contributed by atoms with Crippen molar-refractivity contribution in [3.8, 4) is 0 Å². The lowest BCUT2D eigenvalue weighted by atomic mass is 10.0. The zero-order valence-corrected chi connectivity index (χ0v) is 19.8. The van der Waals surface area contributed by atoms with Crippen molar-refractivity contribution in [3.63, 3.8) is 0 Å². The second kappa shape index (κ2) is 21.2. The van der Waals surface area contributed by atoms with E-state index in [1.807, 2.05) is 46.8 Å². The molecule has 4 nitrogen and oxygen atoms in total. The lowest BCUT2D eigenvalue weighted by Gasteiger charge is -2.27. The van der Waals surface area contributed by atoms with Crippen molar-refractivity contribution >= 4 is 17.6 Å². The highest BCUT2D eigenvalue weighted by Gasteiger charge is 2.24. The van der Waals surface area contributed by atoms with Gasteiger partial charge >= 0.3 is 6.03 Å². The fourth-order valence-electron chi connectivity index (χ4n) is 2.26. The maximum atomic E-state index is 11.8. The van der Waals surface area contributed by atoms with Crippen molar-refractivity contribution in [2.24, 2.45) is 0 Å². The number of amides is 3. The molecular formula is C24H44N2O2. The Hall–Kier alpha value is -2.10. The number of hydrogen-bond donors (Lipinski definition) is 1. The second-order valence-electron chi connectivity index (χ2n) is 5.53. The summed E-state index contributed by atoms with van der Waals surface area (Å²) in [6.45, 7) is 22.2. The molecule has 1 N–H and O–H groups in total. The largest absolute Gasteiger partial charge is 0.328 e. The molecule has 1 aromatic rings. The van der Waals surface area contributed by atoms with Gasteiger partial charge in [-0.2, -0.15) is 0 Å². The van der Waals surface area contributed by atoms with Crippen LogP contribution in [0.2, 0.25) is 0 Å². The first-order chi connectivity index (χ1) is 13.5. The van der Waals surface area contributed by atoms with E-state index in [4.69, 9.17) is 0 Å². The fraction of sp³-hybridized carbons (Fsp3) is 0.583. The molecule has 1 aliphatic heterocycles.